The standard InChI is InChI=1S/C32H21N8O9P3/c41-50(42,43)22-14-13-21-23(24(22)51(44,45)46)30-36-26-16-8-2-4-10-18(16)28(34-26)39-32-20-12-6-5-11-19(20)31(40(32)52(47,48)49)38-27-17-9-3-1-7-15(17)25(33-27)35-29(21)37-30/h1-14H,(H2,41,42,43)(H2,44,45,46)(H2,47,48,49)(H,33,34,35,36,37,38,39). The van der Waals surface area contributed by atoms with Crippen LogP contribution in [0.15, 0.2) is 84.9 Å². The second-order valence-electron chi connectivity index (χ2n) is 11.8. The molecule has 0 saturated carbocycles. The summed E-state index contributed by atoms with van der Waals surface area (Å²) in [6.07, 6.45) is 0. The van der Waals surface area contributed by atoms with Crippen molar-refractivity contribution in [3.63, 3.8) is 0 Å². The van der Waals surface area contributed by atoms with E-state index >= 15 is 0 Å². The van der Waals surface area contributed by atoms with Crippen molar-refractivity contribution in [3.05, 3.63) is 84.9 Å². The average Bonchev–Trinajstić information content (AvgIpc) is 3.81. The summed E-state index contributed by atoms with van der Waals surface area (Å²) >= 11 is 0. The van der Waals surface area contributed by atoms with Crippen molar-refractivity contribution >= 4 is 77.7 Å². The maximum atomic E-state index is 13.3. The third kappa shape index (κ3) is 4.99. The summed E-state index contributed by atoms with van der Waals surface area (Å²) < 4.78 is 39.6. The van der Waals surface area contributed by atoms with Gasteiger partial charge in [0.05, 0.1) is 10.6 Å². The lowest BCUT2D eigenvalue weighted by Gasteiger charge is -2.13. The summed E-state index contributed by atoms with van der Waals surface area (Å²) in [4.78, 5) is 93.9. The van der Waals surface area contributed by atoms with E-state index in [2.05, 4.69) is 24.9 Å². The fourth-order valence-corrected chi connectivity index (χ4v) is 9.69. The Balaban J connectivity index is 1.58. The van der Waals surface area contributed by atoms with Crippen LogP contribution in [0.4, 0.5) is 0 Å². The van der Waals surface area contributed by atoms with Crippen molar-refractivity contribution in [3.8, 4) is 45.6 Å². The second kappa shape index (κ2) is 11.1. The first kappa shape index (κ1) is 32.6. The Hall–Kier alpha value is -5.31. The molecule has 7 N–H and O–H groups in total. The summed E-state index contributed by atoms with van der Waals surface area (Å²) in [5.74, 6) is 0.0790. The predicted octanol–water partition coefficient (Wildman–Crippen LogP) is 3.89. The number of nitrogens with zero attached hydrogens (tertiary/aromatic N) is 7. The number of rotatable bonds is 3. The highest BCUT2D eigenvalue weighted by atomic mass is 31.2. The Morgan fingerprint density at radius 3 is 1.37 bits per heavy atom. The number of aromatic nitrogens is 8. The van der Waals surface area contributed by atoms with Crippen LogP contribution in [0, 0.1) is 0 Å². The van der Waals surface area contributed by atoms with E-state index < -0.39 is 33.5 Å². The summed E-state index contributed by atoms with van der Waals surface area (Å²) in [6.45, 7) is 0. The molecule has 0 amide bonds. The van der Waals surface area contributed by atoms with Gasteiger partial charge < -0.3 is 34.3 Å². The van der Waals surface area contributed by atoms with Crippen LogP contribution >= 0.6 is 22.9 Å². The van der Waals surface area contributed by atoms with Crippen molar-refractivity contribution in [1.29, 1.82) is 0 Å². The monoisotopic (exact) mass is 754 g/mol. The molecule has 5 heterocycles. The van der Waals surface area contributed by atoms with E-state index in [-0.39, 0.29) is 56.7 Å². The molecule has 0 spiro atoms. The molecule has 8 bridgehead atoms. The smallest absolute Gasteiger partial charge is 0.324 e. The molecular formula is C32H21N8O9P3. The fraction of sp³-hybridized carbons (Fsp3) is 0. The minimum absolute atomic E-state index is 0.00277. The van der Waals surface area contributed by atoms with Gasteiger partial charge in [-0.05, 0) is 12.1 Å². The van der Waals surface area contributed by atoms with E-state index in [9.17, 15) is 43.1 Å². The molecule has 52 heavy (non-hydrogen) atoms. The lowest BCUT2D eigenvalue weighted by atomic mass is 10.1. The molecule has 2 aliphatic rings. The van der Waals surface area contributed by atoms with E-state index in [1.165, 1.54) is 6.07 Å². The SMILES string of the molecule is O=P(O)(O)c1ccc2c3nc4nc(nc5c6ccccc6c(nc6nc(nc([nH]3)c2c1P(=O)(O)O)-c1ccccc1-6)n5P(=O)(O)O)-c1ccccc1-4. The van der Waals surface area contributed by atoms with Gasteiger partial charge in [0.15, 0.2) is 34.6 Å². The van der Waals surface area contributed by atoms with Crippen LogP contribution in [0.5, 0.6) is 0 Å². The molecule has 20 heteroatoms. The number of aromatic amines is 1. The van der Waals surface area contributed by atoms with Crippen LogP contribution in [0.3, 0.4) is 0 Å². The van der Waals surface area contributed by atoms with Crippen LogP contribution in [-0.2, 0) is 13.7 Å². The van der Waals surface area contributed by atoms with Gasteiger partial charge in [-0.1, -0.05) is 72.8 Å². The average molecular weight is 754 g/mol. The highest BCUT2D eigenvalue weighted by molar-refractivity contribution is 7.67. The Bertz CT molecular complexity index is 3060. The van der Waals surface area contributed by atoms with E-state index in [0.29, 0.717) is 33.0 Å². The van der Waals surface area contributed by atoms with Gasteiger partial charge in [-0.3, -0.25) is 9.13 Å². The quantitative estimate of drug-likeness (QED) is 0.126. The molecule has 258 valence electrons. The van der Waals surface area contributed by atoms with Crippen molar-refractivity contribution in [2.75, 3.05) is 0 Å². The normalized spacial score (nSPS) is 13.0. The first-order chi connectivity index (χ1) is 24.7. The van der Waals surface area contributed by atoms with E-state index in [1.807, 2.05) is 0 Å². The molecule has 3 aromatic heterocycles. The second-order valence-corrected chi connectivity index (χ2v) is 16.4. The van der Waals surface area contributed by atoms with Crippen molar-refractivity contribution in [2.24, 2.45) is 0 Å². The summed E-state index contributed by atoms with van der Waals surface area (Å²) in [5.41, 5.74) is 1.18. The highest BCUT2D eigenvalue weighted by Crippen LogP contribution is 2.47. The Morgan fingerprint density at radius 2 is 0.923 bits per heavy atom. The maximum Gasteiger partial charge on any atom is 0.437 e. The van der Waals surface area contributed by atoms with Crippen LogP contribution in [-0.4, -0.2) is 68.6 Å². The number of hydrogen-bond donors (Lipinski definition) is 7. The fourth-order valence-electron chi connectivity index (χ4n) is 6.57. The summed E-state index contributed by atoms with van der Waals surface area (Å²) in [7, 11) is -15.8. The number of nitrogens with one attached hydrogen (secondary N) is 1. The summed E-state index contributed by atoms with van der Waals surface area (Å²) in [5, 5.41) is -1.38. The lowest BCUT2D eigenvalue weighted by molar-refractivity contribution is 0.364. The zero-order valence-electron chi connectivity index (χ0n) is 26.0. The molecule has 0 fully saturated rings. The number of fused-ring (bicyclic) bond motifs is 20. The van der Waals surface area contributed by atoms with Crippen LogP contribution in [0.2, 0.25) is 0 Å². The summed E-state index contributed by atoms with van der Waals surface area (Å²) in [6, 6.07) is 22.4. The highest BCUT2D eigenvalue weighted by Gasteiger charge is 2.35. The van der Waals surface area contributed by atoms with Crippen LogP contribution in [0.25, 0.3) is 89.7 Å². The number of hydrogen-bond acceptors (Lipinski definition) is 9. The van der Waals surface area contributed by atoms with Gasteiger partial charge in [0.2, 0.25) is 0 Å². The Morgan fingerprint density at radius 1 is 0.481 bits per heavy atom. The van der Waals surface area contributed by atoms with E-state index in [4.69, 9.17) is 9.97 Å². The van der Waals surface area contributed by atoms with Gasteiger partial charge in [0.1, 0.15) is 11.3 Å². The first-order valence-electron chi connectivity index (χ1n) is 15.2. The molecule has 9 rings (SSSR count). The maximum absolute atomic E-state index is 13.3. The van der Waals surface area contributed by atoms with E-state index in [1.54, 1.807) is 72.8 Å². The molecule has 0 atom stereocenters. The zero-order valence-corrected chi connectivity index (χ0v) is 28.6. The first-order valence-corrected chi connectivity index (χ1v) is 20.0. The van der Waals surface area contributed by atoms with Crippen molar-refractivity contribution in [2.45, 2.75) is 0 Å². The molecular weight excluding hydrogens is 733 g/mol. The largest absolute Gasteiger partial charge is 0.437 e. The molecule has 0 radical (unpaired) electrons. The van der Waals surface area contributed by atoms with E-state index in [0.717, 1.165) is 10.4 Å². The van der Waals surface area contributed by atoms with Crippen LogP contribution < -0.4 is 10.6 Å². The van der Waals surface area contributed by atoms with Gasteiger partial charge >= 0.3 is 22.9 Å². The molecule has 0 unspecified atom stereocenters. The molecule has 0 aliphatic carbocycles. The topological polar surface area (TPSA) is 271 Å². The lowest BCUT2D eigenvalue weighted by Crippen LogP contribution is -2.25. The van der Waals surface area contributed by atoms with Gasteiger partial charge in [0, 0.05) is 43.8 Å². The number of H-pyrrole nitrogens is 1. The van der Waals surface area contributed by atoms with Gasteiger partial charge in [-0.25, -0.2) is 38.8 Å². The van der Waals surface area contributed by atoms with Crippen molar-refractivity contribution < 1.29 is 43.1 Å². The molecule has 17 nitrogen and oxygen atoms in total. The van der Waals surface area contributed by atoms with Gasteiger partial charge in [-0.2, -0.15) is 0 Å². The molecule has 2 aliphatic heterocycles. The predicted molar refractivity (Wildman–Crippen MR) is 190 cm³/mol. The number of benzene rings is 4. The molecule has 0 saturated heterocycles. The third-order valence-corrected chi connectivity index (χ3v) is 11.8. The third-order valence-electron chi connectivity index (χ3n) is 8.66. The zero-order chi connectivity index (χ0) is 36.3. The Labute approximate surface area is 290 Å². The van der Waals surface area contributed by atoms with Crippen molar-refractivity contribution in [1.82, 2.24) is 39.2 Å². The van der Waals surface area contributed by atoms with Crippen LogP contribution in [0.1, 0.15) is 0 Å². The molecule has 7 aromatic rings. The Kier molecular flexibility index (Phi) is 6.95. The molecule has 4 aromatic carbocycles. The van der Waals surface area contributed by atoms with Gasteiger partial charge in [-0.15, -0.1) is 0 Å². The minimum atomic E-state index is -5.41. The van der Waals surface area contributed by atoms with Gasteiger partial charge in [0.25, 0.3) is 0 Å². The minimum Gasteiger partial charge on any atom is -0.324 e.